The topological polar surface area (TPSA) is 96.2 Å². The smallest absolute Gasteiger partial charge is 0.342 e. The third-order valence-corrected chi connectivity index (χ3v) is 1.46. The van der Waals surface area contributed by atoms with Crippen LogP contribution in [0.5, 0.6) is 0 Å². The Morgan fingerprint density at radius 2 is 2.58 bits per heavy atom. The first kappa shape index (κ1) is 8.62. The minimum Gasteiger partial charge on any atom is -0.358 e. The summed E-state index contributed by atoms with van der Waals surface area (Å²) in [5, 5.41) is 10.3. The molecule has 7 heteroatoms. The Bertz CT molecular complexity index is 295. The van der Waals surface area contributed by atoms with Crippen LogP contribution in [0.1, 0.15) is 5.82 Å². The molecule has 0 bridgehead atoms. The highest BCUT2D eigenvalue weighted by Gasteiger charge is 2.15. The molecule has 0 saturated carbocycles. The summed E-state index contributed by atoms with van der Waals surface area (Å²) in [7, 11) is 1.53. The van der Waals surface area contributed by atoms with E-state index in [0.29, 0.717) is 5.82 Å². The number of rotatable bonds is 3. The molecule has 0 radical (unpaired) electrons. The van der Waals surface area contributed by atoms with Gasteiger partial charge in [-0.05, 0) is 4.92 Å². The zero-order valence-electron chi connectivity index (χ0n) is 6.43. The van der Waals surface area contributed by atoms with Crippen LogP contribution in [0.4, 0.5) is 5.82 Å². The number of hydrogen-bond acceptors (Lipinski definition) is 5. The maximum absolute atomic E-state index is 10.3. The third kappa shape index (κ3) is 1.41. The monoisotopic (exact) mass is 172 g/mol. The molecule has 0 saturated heterocycles. The van der Waals surface area contributed by atoms with Gasteiger partial charge in [-0.25, -0.2) is 15.4 Å². The molecule has 0 spiro atoms. The van der Waals surface area contributed by atoms with Gasteiger partial charge in [0.2, 0.25) is 5.82 Å². The molecule has 0 aliphatic heterocycles. The van der Waals surface area contributed by atoms with Crippen molar-refractivity contribution in [2.75, 3.05) is 0 Å². The Morgan fingerprint density at radius 3 is 3.00 bits per heavy atom. The van der Waals surface area contributed by atoms with Gasteiger partial charge in [0.15, 0.2) is 0 Å². The zero-order valence-corrected chi connectivity index (χ0v) is 6.43. The molecule has 0 fully saturated rings. The highest BCUT2D eigenvalue weighted by atomic mass is 16.6. The lowest BCUT2D eigenvalue weighted by Crippen LogP contribution is -2.06. The maximum Gasteiger partial charge on any atom is 0.342 e. The first-order valence-corrected chi connectivity index (χ1v) is 3.13. The van der Waals surface area contributed by atoms with E-state index in [4.69, 9.17) is 5.90 Å². The van der Waals surface area contributed by atoms with Gasteiger partial charge in [0, 0.05) is 0 Å². The van der Waals surface area contributed by atoms with Crippen LogP contribution < -0.4 is 5.90 Å². The summed E-state index contributed by atoms with van der Waals surface area (Å²) < 4.78 is 1.31. The van der Waals surface area contributed by atoms with E-state index in [0.717, 1.165) is 6.20 Å². The average molecular weight is 172 g/mol. The molecule has 0 aliphatic carbocycles. The molecule has 1 aromatic heterocycles. The summed E-state index contributed by atoms with van der Waals surface area (Å²) >= 11 is 0. The highest BCUT2D eigenvalue weighted by Crippen LogP contribution is 2.11. The predicted octanol–water partition coefficient (Wildman–Crippen LogP) is -0.281. The van der Waals surface area contributed by atoms with Gasteiger partial charge in [0.1, 0.15) is 12.8 Å². The Morgan fingerprint density at radius 1 is 1.92 bits per heavy atom. The first-order chi connectivity index (χ1) is 5.66. The second kappa shape index (κ2) is 3.28. The lowest BCUT2D eigenvalue weighted by molar-refractivity contribution is -0.391. The number of imidazole rings is 1. The quantitative estimate of drug-likeness (QED) is 0.499. The van der Waals surface area contributed by atoms with E-state index in [9.17, 15) is 10.1 Å². The lowest BCUT2D eigenvalue weighted by atomic mass is 10.6. The van der Waals surface area contributed by atoms with Gasteiger partial charge in [0.25, 0.3) is 0 Å². The Balaban J connectivity index is 2.96. The normalized spacial score (nSPS) is 10.2. The molecule has 0 amide bonds. The predicted molar refractivity (Wildman–Crippen MR) is 38.8 cm³/mol. The molecule has 12 heavy (non-hydrogen) atoms. The summed E-state index contributed by atoms with van der Waals surface area (Å²) in [6.07, 6.45) is 1.16. The maximum atomic E-state index is 10.3. The van der Waals surface area contributed by atoms with Crippen LogP contribution in [0.3, 0.4) is 0 Å². The molecule has 1 aromatic rings. The summed E-state index contributed by atoms with van der Waals surface area (Å²) in [5.74, 6) is 5.13. The molecule has 0 atom stereocenters. The molecule has 2 N–H and O–H groups in total. The van der Waals surface area contributed by atoms with Gasteiger partial charge in [-0.3, -0.25) is 4.84 Å². The number of nitrogens with two attached hydrogens (primary N) is 1. The van der Waals surface area contributed by atoms with Crippen LogP contribution in [0.15, 0.2) is 6.20 Å². The molecular formula is C5H8N4O3. The number of nitrogens with zero attached hydrogens (tertiary/aromatic N) is 3. The molecule has 0 aliphatic rings. The molecule has 0 unspecified atom stereocenters. The SMILES string of the molecule is Cn1c([N+](=O)[O-])cnc1CON. The fourth-order valence-electron chi connectivity index (χ4n) is 0.816. The van der Waals surface area contributed by atoms with Crippen molar-refractivity contribution in [1.82, 2.24) is 9.55 Å². The van der Waals surface area contributed by atoms with Crippen molar-refractivity contribution in [2.24, 2.45) is 12.9 Å². The first-order valence-electron chi connectivity index (χ1n) is 3.13. The molecular weight excluding hydrogens is 164 g/mol. The molecule has 66 valence electrons. The average Bonchev–Trinajstić information content (AvgIpc) is 2.34. The number of nitro groups is 1. The highest BCUT2D eigenvalue weighted by molar-refractivity contribution is 5.18. The van der Waals surface area contributed by atoms with Gasteiger partial charge in [-0.1, -0.05) is 0 Å². The fourth-order valence-corrected chi connectivity index (χ4v) is 0.816. The van der Waals surface area contributed by atoms with Crippen LogP contribution in [-0.2, 0) is 18.5 Å². The van der Waals surface area contributed by atoms with Crippen molar-refractivity contribution in [2.45, 2.75) is 6.61 Å². The van der Waals surface area contributed by atoms with E-state index >= 15 is 0 Å². The molecule has 0 aromatic carbocycles. The summed E-state index contributed by atoms with van der Waals surface area (Å²) in [6, 6.07) is 0. The Hall–Kier alpha value is -1.47. The van der Waals surface area contributed by atoms with E-state index in [1.54, 1.807) is 0 Å². The van der Waals surface area contributed by atoms with Crippen molar-refractivity contribution in [3.05, 3.63) is 22.1 Å². The van der Waals surface area contributed by atoms with Gasteiger partial charge in [-0.2, -0.15) is 0 Å². The second-order valence-electron chi connectivity index (χ2n) is 2.16. The largest absolute Gasteiger partial charge is 0.358 e. The minimum atomic E-state index is -0.521. The van der Waals surface area contributed by atoms with Gasteiger partial charge < -0.3 is 10.1 Å². The van der Waals surface area contributed by atoms with E-state index in [1.165, 1.54) is 11.6 Å². The number of aromatic nitrogens is 2. The van der Waals surface area contributed by atoms with E-state index in [-0.39, 0.29) is 12.4 Å². The molecule has 7 nitrogen and oxygen atoms in total. The van der Waals surface area contributed by atoms with Crippen LogP contribution in [0.2, 0.25) is 0 Å². The van der Waals surface area contributed by atoms with Crippen LogP contribution in [-0.4, -0.2) is 14.5 Å². The summed E-state index contributed by atoms with van der Waals surface area (Å²) in [5.41, 5.74) is 0. The standard InChI is InChI=1S/C5H8N4O3/c1-8-4(3-12-6)7-2-5(8)9(10)11/h2H,3,6H2,1H3. The fraction of sp³-hybridized carbons (Fsp3) is 0.400. The van der Waals surface area contributed by atoms with E-state index in [2.05, 4.69) is 9.82 Å². The Labute approximate surface area is 67.9 Å². The zero-order chi connectivity index (χ0) is 9.14. The van der Waals surface area contributed by atoms with Gasteiger partial charge in [-0.15, -0.1) is 0 Å². The second-order valence-corrected chi connectivity index (χ2v) is 2.16. The Kier molecular flexibility index (Phi) is 2.36. The third-order valence-electron chi connectivity index (χ3n) is 1.46. The van der Waals surface area contributed by atoms with Crippen molar-refractivity contribution in [3.63, 3.8) is 0 Å². The van der Waals surface area contributed by atoms with Crippen molar-refractivity contribution in [3.8, 4) is 0 Å². The van der Waals surface area contributed by atoms with Crippen LogP contribution in [0, 0.1) is 10.1 Å². The number of hydrogen-bond donors (Lipinski definition) is 1. The molecule has 1 rings (SSSR count). The molecule has 1 heterocycles. The van der Waals surface area contributed by atoms with Crippen molar-refractivity contribution < 1.29 is 9.76 Å². The van der Waals surface area contributed by atoms with Crippen LogP contribution in [0.25, 0.3) is 0 Å². The lowest BCUT2D eigenvalue weighted by Gasteiger charge is -1.95. The van der Waals surface area contributed by atoms with Gasteiger partial charge in [0.05, 0.1) is 7.05 Å². The van der Waals surface area contributed by atoms with Crippen molar-refractivity contribution >= 4 is 5.82 Å². The van der Waals surface area contributed by atoms with Crippen molar-refractivity contribution in [1.29, 1.82) is 0 Å². The van der Waals surface area contributed by atoms with Gasteiger partial charge >= 0.3 is 5.82 Å². The van der Waals surface area contributed by atoms with E-state index < -0.39 is 4.92 Å². The summed E-state index contributed by atoms with van der Waals surface area (Å²) in [4.78, 5) is 17.8. The summed E-state index contributed by atoms with van der Waals surface area (Å²) in [6.45, 7) is 0.0599. The van der Waals surface area contributed by atoms with Crippen LogP contribution >= 0.6 is 0 Å². The minimum absolute atomic E-state index is 0.0599. The van der Waals surface area contributed by atoms with E-state index in [1.807, 2.05) is 0 Å².